The number of aromatic carboxylic acids is 1. The zero-order chi connectivity index (χ0) is 13.1. The predicted octanol–water partition coefficient (Wildman–Crippen LogP) is 4.02. The molecule has 0 amide bonds. The Hall–Kier alpha value is -1.52. The molecule has 18 heavy (non-hydrogen) atoms. The van der Waals surface area contributed by atoms with Gasteiger partial charge in [-0.2, -0.15) is 0 Å². The molecule has 0 atom stereocenters. The molecular formula is C13H12ClNO2S. The summed E-state index contributed by atoms with van der Waals surface area (Å²) in [7, 11) is 0. The van der Waals surface area contributed by atoms with Gasteiger partial charge in [0.1, 0.15) is 0 Å². The van der Waals surface area contributed by atoms with Crippen molar-refractivity contribution in [3.8, 4) is 0 Å². The van der Waals surface area contributed by atoms with Crippen LogP contribution in [0.4, 0.5) is 5.69 Å². The second-order valence-corrected chi connectivity index (χ2v) is 5.35. The highest BCUT2D eigenvalue weighted by molar-refractivity contribution is 7.10. The smallest absolute Gasteiger partial charge is 0.336 e. The van der Waals surface area contributed by atoms with Crippen LogP contribution in [0.25, 0.3) is 0 Å². The van der Waals surface area contributed by atoms with Gasteiger partial charge >= 0.3 is 5.97 Å². The second-order valence-electron chi connectivity index (χ2n) is 3.94. The Morgan fingerprint density at radius 2 is 2.22 bits per heavy atom. The summed E-state index contributed by atoms with van der Waals surface area (Å²) < 4.78 is 0. The Morgan fingerprint density at radius 3 is 2.89 bits per heavy atom. The van der Waals surface area contributed by atoms with E-state index in [-0.39, 0.29) is 0 Å². The number of benzene rings is 1. The minimum atomic E-state index is -0.897. The monoisotopic (exact) mass is 281 g/mol. The molecule has 0 saturated carbocycles. The lowest BCUT2D eigenvalue weighted by Crippen LogP contribution is -1.99. The van der Waals surface area contributed by atoms with Crippen molar-refractivity contribution < 1.29 is 9.90 Å². The number of halogens is 1. The zero-order valence-electron chi connectivity index (χ0n) is 9.74. The fourth-order valence-corrected chi connectivity index (χ4v) is 2.52. The number of aryl methyl sites for hydroxylation is 1. The number of anilines is 1. The van der Waals surface area contributed by atoms with Gasteiger partial charge in [0, 0.05) is 16.8 Å². The number of nitrogens with one attached hydrogen (secondary N) is 1. The summed E-state index contributed by atoms with van der Waals surface area (Å²) in [6, 6.07) is 7.43. The van der Waals surface area contributed by atoms with Crippen LogP contribution in [0.1, 0.15) is 20.8 Å². The van der Waals surface area contributed by atoms with Crippen LogP contribution in [0.5, 0.6) is 0 Å². The topological polar surface area (TPSA) is 49.3 Å². The molecule has 0 radical (unpaired) electrons. The predicted molar refractivity (Wildman–Crippen MR) is 74.8 cm³/mol. The van der Waals surface area contributed by atoms with Crippen molar-refractivity contribution in [1.29, 1.82) is 0 Å². The van der Waals surface area contributed by atoms with Crippen molar-refractivity contribution in [3.05, 3.63) is 50.7 Å². The molecule has 0 aliphatic carbocycles. The first-order chi connectivity index (χ1) is 8.56. The van der Waals surface area contributed by atoms with Gasteiger partial charge in [-0.25, -0.2) is 4.79 Å². The lowest BCUT2D eigenvalue weighted by molar-refractivity contribution is 0.0697. The summed E-state index contributed by atoms with van der Waals surface area (Å²) >= 11 is 7.49. The standard InChI is InChI=1S/C13H12ClNO2S/c1-8-2-3-11(14)12(4-8)15-6-10-5-9(7-18-10)13(16)17/h2-5,7,15H,6H2,1H3,(H,16,17). The van der Waals surface area contributed by atoms with Gasteiger partial charge < -0.3 is 10.4 Å². The van der Waals surface area contributed by atoms with Gasteiger partial charge in [0.25, 0.3) is 0 Å². The Labute approximate surface area is 114 Å². The van der Waals surface area contributed by atoms with Gasteiger partial charge in [-0.1, -0.05) is 17.7 Å². The molecule has 0 aliphatic rings. The molecule has 0 unspecified atom stereocenters. The van der Waals surface area contributed by atoms with Gasteiger partial charge in [0.15, 0.2) is 0 Å². The average Bonchev–Trinajstić information content (AvgIpc) is 2.79. The molecule has 0 spiro atoms. The van der Waals surface area contributed by atoms with E-state index in [9.17, 15) is 4.79 Å². The number of rotatable bonds is 4. The van der Waals surface area contributed by atoms with Crippen molar-refractivity contribution >= 4 is 34.6 Å². The normalized spacial score (nSPS) is 10.3. The van der Waals surface area contributed by atoms with Crippen LogP contribution < -0.4 is 5.32 Å². The fourth-order valence-electron chi connectivity index (χ4n) is 1.54. The summed E-state index contributed by atoms with van der Waals surface area (Å²) in [5.41, 5.74) is 2.31. The molecule has 1 aromatic carbocycles. The van der Waals surface area contributed by atoms with Crippen LogP contribution in [0.2, 0.25) is 5.02 Å². The Kier molecular flexibility index (Phi) is 3.89. The van der Waals surface area contributed by atoms with Crippen molar-refractivity contribution in [2.45, 2.75) is 13.5 Å². The number of carbonyl (C=O) groups is 1. The molecule has 94 valence electrons. The first kappa shape index (κ1) is 12.9. The average molecular weight is 282 g/mol. The lowest BCUT2D eigenvalue weighted by Gasteiger charge is -2.07. The molecule has 0 saturated heterocycles. The molecule has 0 bridgehead atoms. The number of thiophene rings is 1. The number of hydrogen-bond donors (Lipinski definition) is 2. The van der Waals surface area contributed by atoms with Crippen LogP contribution in [-0.2, 0) is 6.54 Å². The molecule has 5 heteroatoms. The summed E-state index contributed by atoms with van der Waals surface area (Å²) in [6.07, 6.45) is 0. The van der Waals surface area contributed by atoms with Crippen LogP contribution in [0.15, 0.2) is 29.6 Å². The zero-order valence-corrected chi connectivity index (χ0v) is 11.3. The Balaban J connectivity index is 2.06. The van der Waals surface area contributed by atoms with E-state index in [4.69, 9.17) is 16.7 Å². The lowest BCUT2D eigenvalue weighted by atomic mass is 10.2. The number of carboxylic acid groups (broad SMARTS) is 1. The molecule has 2 N–H and O–H groups in total. The minimum Gasteiger partial charge on any atom is -0.478 e. The maximum atomic E-state index is 10.8. The van der Waals surface area contributed by atoms with Gasteiger partial charge in [-0.3, -0.25) is 0 Å². The van der Waals surface area contributed by atoms with E-state index in [1.54, 1.807) is 11.4 Å². The van der Waals surface area contributed by atoms with Gasteiger partial charge in [-0.05, 0) is 30.7 Å². The van der Waals surface area contributed by atoms with E-state index in [0.29, 0.717) is 17.1 Å². The molecule has 0 fully saturated rings. The van der Waals surface area contributed by atoms with Gasteiger partial charge in [-0.15, -0.1) is 11.3 Å². The van der Waals surface area contributed by atoms with E-state index < -0.39 is 5.97 Å². The third kappa shape index (κ3) is 3.03. The molecule has 1 heterocycles. The SMILES string of the molecule is Cc1ccc(Cl)c(NCc2cc(C(=O)O)cs2)c1. The van der Waals surface area contributed by atoms with E-state index in [1.165, 1.54) is 11.3 Å². The van der Waals surface area contributed by atoms with Crippen molar-refractivity contribution in [3.63, 3.8) is 0 Å². The van der Waals surface area contributed by atoms with Crippen molar-refractivity contribution in [2.75, 3.05) is 5.32 Å². The maximum Gasteiger partial charge on any atom is 0.336 e. The highest BCUT2D eigenvalue weighted by Crippen LogP contribution is 2.24. The Bertz CT molecular complexity index is 580. The van der Waals surface area contributed by atoms with Crippen LogP contribution >= 0.6 is 22.9 Å². The minimum absolute atomic E-state index is 0.326. The Morgan fingerprint density at radius 1 is 1.44 bits per heavy atom. The summed E-state index contributed by atoms with van der Waals surface area (Å²) in [6.45, 7) is 2.57. The molecule has 3 nitrogen and oxygen atoms in total. The van der Waals surface area contributed by atoms with Crippen LogP contribution in [0.3, 0.4) is 0 Å². The fraction of sp³-hybridized carbons (Fsp3) is 0.154. The van der Waals surface area contributed by atoms with E-state index in [1.807, 2.05) is 25.1 Å². The largest absolute Gasteiger partial charge is 0.478 e. The quantitative estimate of drug-likeness (QED) is 0.890. The molecule has 0 aliphatic heterocycles. The first-order valence-corrected chi connectivity index (χ1v) is 6.63. The summed E-state index contributed by atoms with van der Waals surface area (Å²) in [5.74, 6) is -0.897. The van der Waals surface area contributed by atoms with Gasteiger partial charge in [0.2, 0.25) is 0 Å². The van der Waals surface area contributed by atoms with E-state index >= 15 is 0 Å². The van der Waals surface area contributed by atoms with Crippen LogP contribution in [0, 0.1) is 6.92 Å². The van der Waals surface area contributed by atoms with Crippen LogP contribution in [-0.4, -0.2) is 11.1 Å². The molecule has 2 aromatic rings. The first-order valence-electron chi connectivity index (χ1n) is 5.37. The summed E-state index contributed by atoms with van der Waals surface area (Å²) in [4.78, 5) is 11.7. The van der Waals surface area contributed by atoms with Gasteiger partial charge in [0.05, 0.1) is 16.3 Å². The molecule has 2 rings (SSSR count). The third-order valence-corrected chi connectivity index (χ3v) is 3.74. The summed E-state index contributed by atoms with van der Waals surface area (Å²) in [5, 5.41) is 14.3. The van der Waals surface area contributed by atoms with Crippen molar-refractivity contribution in [2.24, 2.45) is 0 Å². The highest BCUT2D eigenvalue weighted by atomic mass is 35.5. The highest BCUT2D eigenvalue weighted by Gasteiger charge is 2.07. The maximum absolute atomic E-state index is 10.8. The van der Waals surface area contributed by atoms with E-state index in [2.05, 4.69) is 5.32 Å². The number of carboxylic acids is 1. The molecular weight excluding hydrogens is 270 g/mol. The van der Waals surface area contributed by atoms with Crippen molar-refractivity contribution in [1.82, 2.24) is 0 Å². The third-order valence-electron chi connectivity index (χ3n) is 2.48. The number of hydrogen-bond acceptors (Lipinski definition) is 3. The molecule has 1 aromatic heterocycles. The van der Waals surface area contributed by atoms with E-state index in [0.717, 1.165) is 16.1 Å². The second kappa shape index (κ2) is 5.42.